The molecule has 0 spiro atoms. The molecule has 2 aromatic rings. The molecule has 1 amide bonds. The number of fused-ring (bicyclic) bond motifs is 1. The SMILES string of the molecule is C=C(CN1CCS(=O)(=O)CC1)C(=O)CC[C@H](CC1CCCCC1)NC(=O)[C@@H](CC(=O)CCC)Cc1nc2ccc(Cl)cc2s1. The van der Waals surface area contributed by atoms with E-state index < -0.39 is 15.8 Å². The highest BCUT2D eigenvalue weighted by Gasteiger charge is 2.28. The van der Waals surface area contributed by atoms with Crippen LogP contribution in [0.3, 0.4) is 0 Å². The lowest BCUT2D eigenvalue weighted by atomic mass is 9.83. The minimum absolute atomic E-state index is 0.0517. The Balaban J connectivity index is 1.42. The highest BCUT2D eigenvalue weighted by molar-refractivity contribution is 7.91. The lowest BCUT2D eigenvalue weighted by molar-refractivity contribution is -0.130. The summed E-state index contributed by atoms with van der Waals surface area (Å²) in [4.78, 5) is 46.4. The van der Waals surface area contributed by atoms with Crippen molar-refractivity contribution >= 4 is 60.5 Å². The van der Waals surface area contributed by atoms with E-state index in [-0.39, 0.29) is 47.9 Å². The zero-order valence-corrected chi connectivity index (χ0v) is 28.2. The summed E-state index contributed by atoms with van der Waals surface area (Å²) in [6.07, 6.45) is 9.12. The molecule has 0 radical (unpaired) electrons. The van der Waals surface area contributed by atoms with Crippen LogP contribution in [0.15, 0.2) is 30.4 Å². The van der Waals surface area contributed by atoms with Crippen molar-refractivity contribution in [3.63, 3.8) is 0 Å². The molecule has 0 unspecified atom stereocenters. The van der Waals surface area contributed by atoms with Gasteiger partial charge in [-0.15, -0.1) is 11.3 Å². The minimum Gasteiger partial charge on any atom is -0.353 e. The van der Waals surface area contributed by atoms with Gasteiger partial charge < -0.3 is 5.32 Å². The Morgan fingerprint density at radius 2 is 1.86 bits per heavy atom. The summed E-state index contributed by atoms with van der Waals surface area (Å²) >= 11 is 7.67. The van der Waals surface area contributed by atoms with E-state index in [4.69, 9.17) is 16.6 Å². The predicted molar refractivity (Wildman–Crippen MR) is 178 cm³/mol. The van der Waals surface area contributed by atoms with E-state index in [0.717, 1.165) is 40.9 Å². The molecule has 11 heteroatoms. The number of nitrogens with zero attached hydrogens (tertiary/aromatic N) is 2. The van der Waals surface area contributed by atoms with E-state index in [1.54, 1.807) is 6.07 Å². The standard InChI is InChI=1S/C33H46ClN3O5S2/c1-3-7-28(38)19-25(20-32-36-29-12-10-26(34)21-31(29)43-32)33(40)35-27(18-24-8-5-4-6-9-24)11-13-30(39)23(2)22-37-14-16-44(41,42)17-15-37/h10,12,21,24-25,27H,2-9,11,13-20,22H2,1H3,(H,35,40)/t25-,27+/m0/s1. The molecule has 1 aliphatic carbocycles. The molecule has 1 aliphatic heterocycles. The van der Waals surface area contributed by atoms with Gasteiger partial charge in [0.05, 0.1) is 32.6 Å². The highest BCUT2D eigenvalue weighted by atomic mass is 35.5. The van der Waals surface area contributed by atoms with E-state index in [2.05, 4.69) is 11.9 Å². The number of rotatable bonds is 16. The zero-order valence-electron chi connectivity index (χ0n) is 25.8. The smallest absolute Gasteiger partial charge is 0.224 e. The number of nitrogens with one attached hydrogen (secondary N) is 1. The lowest BCUT2D eigenvalue weighted by Crippen LogP contribution is -2.42. The zero-order chi connectivity index (χ0) is 31.7. The molecule has 0 bridgehead atoms. The quantitative estimate of drug-likeness (QED) is 0.221. The van der Waals surface area contributed by atoms with E-state index in [9.17, 15) is 22.8 Å². The molecule has 1 aromatic heterocycles. The molecule has 1 saturated carbocycles. The summed E-state index contributed by atoms with van der Waals surface area (Å²) in [7, 11) is -2.99. The number of carbonyl (C=O) groups excluding carboxylic acids is 3. The second kappa shape index (κ2) is 16.4. The maximum Gasteiger partial charge on any atom is 0.224 e. The van der Waals surface area contributed by atoms with Crippen LogP contribution in [0.25, 0.3) is 10.2 Å². The van der Waals surface area contributed by atoms with Crippen molar-refractivity contribution < 1.29 is 22.8 Å². The Morgan fingerprint density at radius 3 is 2.57 bits per heavy atom. The van der Waals surface area contributed by atoms with Gasteiger partial charge in [0.25, 0.3) is 0 Å². The van der Waals surface area contributed by atoms with Crippen molar-refractivity contribution in [3.8, 4) is 0 Å². The normalized spacial score (nSPS) is 19.0. The molecule has 44 heavy (non-hydrogen) atoms. The maximum atomic E-state index is 13.8. The molecule has 1 N–H and O–H groups in total. The van der Waals surface area contributed by atoms with Gasteiger partial charge in [-0.3, -0.25) is 19.3 Å². The largest absolute Gasteiger partial charge is 0.353 e. The molecular weight excluding hydrogens is 618 g/mol. The summed E-state index contributed by atoms with van der Waals surface area (Å²) in [5.41, 5.74) is 1.31. The highest BCUT2D eigenvalue weighted by Crippen LogP contribution is 2.30. The molecule has 2 atom stereocenters. The molecule has 1 aromatic carbocycles. The van der Waals surface area contributed by atoms with Crippen molar-refractivity contribution in [2.24, 2.45) is 11.8 Å². The number of thiazole rings is 1. The van der Waals surface area contributed by atoms with Crippen LogP contribution in [0.2, 0.25) is 5.02 Å². The van der Waals surface area contributed by atoms with Gasteiger partial charge in [0.15, 0.2) is 15.6 Å². The third-order valence-electron chi connectivity index (χ3n) is 8.84. The molecular formula is C33H46ClN3O5S2. The molecule has 1 saturated heterocycles. The van der Waals surface area contributed by atoms with E-state index in [1.807, 2.05) is 24.0 Å². The molecule has 242 valence electrons. The van der Waals surface area contributed by atoms with Gasteiger partial charge in [-0.25, -0.2) is 13.4 Å². The fourth-order valence-electron chi connectivity index (χ4n) is 6.30. The van der Waals surface area contributed by atoms with Crippen LogP contribution in [0, 0.1) is 11.8 Å². The Morgan fingerprint density at radius 1 is 1.14 bits per heavy atom. The third-order valence-corrected chi connectivity index (χ3v) is 11.7. The van der Waals surface area contributed by atoms with Gasteiger partial charge in [-0.1, -0.05) is 57.2 Å². The fraction of sp³-hybridized carbons (Fsp3) is 0.636. The lowest BCUT2D eigenvalue weighted by Gasteiger charge is -2.29. The number of carbonyl (C=O) groups is 3. The summed E-state index contributed by atoms with van der Waals surface area (Å²) in [5, 5.41) is 4.70. The van der Waals surface area contributed by atoms with Gasteiger partial charge >= 0.3 is 0 Å². The summed E-state index contributed by atoms with van der Waals surface area (Å²) in [6.45, 7) is 7.16. The van der Waals surface area contributed by atoms with Crippen LogP contribution >= 0.6 is 22.9 Å². The van der Waals surface area contributed by atoms with Crippen molar-refractivity contribution in [3.05, 3.63) is 40.4 Å². The first kappa shape index (κ1) is 34.7. The first-order chi connectivity index (χ1) is 21.0. The molecule has 8 nitrogen and oxygen atoms in total. The number of halogens is 1. The van der Waals surface area contributed by atoms with Gasteiger partial charge in [0.1, 0.15) is 5.78 Å². The molecule has 2 heterocycles. The average Bonchev–Trinajstić information content (AvgIpc) is 3.38. The second-order valence-electron chi connectivity index (χ2n) is 12.6. The van der Waals surface area contributed by atoms with E-state index in [0.29, 0.717) is 55.4 Å². The molecule has 4 rings (SSSR count). The fourth-order valence-corrected chi connectivity index (χ4v) is 8.90. The van der Waals surface area contributed by atoms with Crippen LogP contribution in [0.4, 0.5) is 0 Å². The van der Waals surface area contributed by atoms with Crippen LogP contribution in [-0.4, -0.2) is 73.0 Å². The summed E-state index contributed by atoms with van der Waals surface area (Å²) < 4.78 is 24.5. The van der Waals surface area contributed by atoms with Crippen LogP contribution in [0.5, 0.6) is 0 Å². The van der Waals surface area contributed by atoms with E-state index >= 15 is 0 Å². The number of hydrogen-bond acceptors (Lipinski definition) is 8. The maximum absolute atomic E-state index is 13.8. The van der Waals surface area contributed by atoms with Crippen LogP contribution in [0.1, 0.15) is 82.6 Å². The number of ketones is 2. The third kappa shape index (κ3) is 10.7. The first-order valence-corrected chi connectivity index (χ1v) is 19.0. The number of amides is 1. The summed E-state index contributed by atoms with van der Waals surface area (Å²) in [6, 6.07) is 5.35. The number of Topliss-reactive ketones (excluding diaryl/α,β-unsaturated/α-hetero) is 2. The Kier molecular flexibility index (Phi) is 13.0. The van der Waals surface area contributed by atoms with E-state index in [1.165, 1.54) is 30.6 Å². The molecule has 2 aliphatic rings. The topological polar surface area (TPSA) is 114 Å². The van der Waals surface area contributed by atoms with Crippen molar-refractivity contribution in [1.82, 2.24) is 15.2 Å². The second-order valence-corrected chi connectivity index (χ2v) is 16.4. The number of sulfone groups is 1. The Hall–Kier alpha value is -2.14. The average molecular weight is 664 g/mol. The van der Waals surface area contributed by atoms with Gasteiger partial charge in [-0.05, 0) is 43.4 Å². The number of aromatic nitrogens is 1. The first-order valence-electron chi connectivity index (χ1n) is 16.0. The van der Waals surface area contributed by atoms with Crippen molar-refractivity contribution in [2.75, 3.05) is 31.1 Å². The number of hydrogen-bond donors (Lipinski definition) is 1. The monoisotopic (exact) mass is 663 g/mol. The molecule has 2 fully saturated rings. The predicted octanol–water partition coefficient (Wildman–Crippen LogP) is 5.96. The number of benzene rings is 1. The van der Waals surface area contributed by atoms with Crippen LogP contribution in [-0.2, 0) is 30.6 Å². The van der Waals surface area contributed by atoms with Gasteiger partial charge in [0, 0.05) is 62.0 Å². The summed E-state index contributed by atoms with van der Waals surface area (Å²) in [5.74, 6) is 0.0276. The Bertz CT molecular complexity index is 1420. The van der Waals surface area contributed by atoms with Gasteiger partial charge in [0.2, 0.25) is 5.91 Å². The Labute approximate surface area is 270 Å². The van der Waals surface area contributed by atoms with Crippen molar-refractivity contribution in [2.45, 2.75) is 90.0 Å². The van der Waals surface area contributed by atoms with Crippen LogP contribution < -0.4 is 5.32 Å². The minimum atomic E-state index is -2.99. The van der Waals surface area contributed by atoms with Crippen molar-refractivity contribution in [1.29, 1.82) is 0 Å². The van der Waals surface area contributed by atoms with Gasteiger partial charge in [-0.2, -0.15) is 0 Å².